The van der Waals surface area contributed by atoms with E-state index in [0.717, 1.165) is 23.6 Å². The first kappa shape index (κ1) is 16.5. The Hall–Kier alpha value is -1.88. The van der Waals surface area contributed by atoms with Crippen molar-refractivity contribution in [1.29, 1.82) is 0 Å². The average molecular weight is 319 g/mol. The Morgan fingerprint density at radius 3 is 2.82 bits per heavy atom. The molecule has 0 aliphatic carbocycles. The number of hydrogen-bond acceptors (Lipinski definition) is 4. The molecule has 0 saturated heterocycles. The summed E-state index contributed by atoms with van der Waals surface area (Å²) in [4.78, 5) is 15.1. The van der Waals surface area contributed by atoms with Crippen LogP contribution in [0.2, 0.25) is 0 Å². The number of aromatic nitrogens is 1. The second-order valence-corrected chi connectivity index (χ2v) is 6.68. The van der Waals surface area contributed by atoms with Gasteiger partial charge in [0.25, 0.3) is 0 Å². The van der Waals surface area contributed by atoms with E-state index in [1.807, 2.05) is 12.1 Å². The Morgan fingerprint density at radius 2 is 2.18 bits per heavy atom. The minimum atomic E-state index is -0.981. The molecule has 1 aromatic heterocycles. The molecule has 0 amide bonds. The van der Waals surface area contributed by atoms with Crippen molar-refractivity contribution in [3.8, 4) is 5.75 Å². The molecule has 118 valence electrons. The fourth-order valence-corrected chi connectivity index (χ4v) is 3.02. The van der Waals surface area contributed by atoms with Crippen molar-refractivity contribution in [3.05, 3.63) is 45.9 Å². The first-order chi connectivity index (χ1) is 10.4. The van der Waals surface area contributed by atoms with Gasteiger partial charge in [-0.3, -0.25) is 0 Å². The Kier molecular flexibility index (Phi) is 5.19. The van der Waals surface area contributed by atoms with Crippen LogP contribution in [0.25, 0.3) is 0 Å². The van der Waals surface area contributed by atoms with Crippen molar-refractivity contribution >= 4 is 17.3 Å². The van der Waals surface area contributed by atoms with E-state index < -0.39 is 5.97 Å². The van der Waals surface area contributed by atoms with E-state index in [9.17, 15) is 4.79 Å². The summed E-state index contributed by atoms with van der Waals surface area (Å²) < 4.78 is 5.82. The van der Waals surface area contributed by atoms with E-state index in [1.54, 1.807) is 5.38 Å². The molecule has 4 nitrogen and oxygen atoms in total. The van der Waals surface area contributed by atoms with Gasteiger partial charge in [0.2, 0.25) is 0 Å². The fraction of sp³-hybridized carbons (Fsp3) is 0.412. The molecule has 2 aromatic rings. The summed E-state index contributed by atoms with van der Waals surface area (Å²) >= 11 is 1.39. The van der Waals surface area contributed by atoms with E-state index in [2.05, 4.69) is 37.9 Å². The van der Waals surface area contributed by atoms with E-state index >= 15 is 0 Å². The van der Waals surface area contributed by atoms with Crippen LogP contribution in [-0.4, -0.2) is 22.7 Å². The van der Waals surface area contributed by atoms with Gasteiger partial charge in [0, 0.05) is 10.8 Å². The molecule has 1 N–H and O–H groups in total. The minimum Gasteiger partial charge on any atom is -0.494 e. The maximum Gasteiger partial charge on any atom is 0.355 e. The van der Waals surface area contributed by atoms with Crippen LogP contribution in [0, 0.1) is 0 Å². The molecule has 0 atom stereocenters. The van der Waals surface area contributed by atoms with Crippen molar-refractivity contribution in [1.82, 2.24) is 4.98 Å². The van der Waals surface area contributed by atoms with Crippen molar-refractivity contribution in [3.63, 3.8) is 0 Å². The van der Waals surface area contributed by atoms with Crippen molar-refractivity contribution < 1.29 is 14.6 Å². The quantitative estimate of drug-likeness (QED) is 0.833. The van der Waals surface area contributed by atoms with Crippen LogP contribution in [0.3, 0.4) is 0 Å². The Bertz CT molecular complexity index is 649. The standard InChI is InChI=1S/C17H21NO3S/c1-4-12-6-5-7-13(10-12)21-9-8-17(2,3)16-18-14(11-22-16)15(19)20/h5-7,10-11H,4,8-9H2,1-3H3,(H,19,20). The van der Waals surface area contributed by atoms with Gasteiger partial charge in [0.05, 0.1) is 11.6 Å². The topological polar surface area (TPSA) is 59.4 Å². The van der Waals surface area contributed by atoms with Gasteiger partial charge in [-0.2, -0.15) is 0 Å². The summed E-state index contributed by atoms with van der Waals surface area (Å²) in [6, 6.07) is 8.09. The lowest BCUT2D eigenvalue weighted by atomic mass is 9.90. The number of aromatic carboxylic acids is 1. The molecule has 5 heteroatoms. The van der Waals surface area contributed by atoms with Crippen LogP contribution >= 0.6 is 11.3 Å². The molecule has 0 aliphatic rings. The van der Waals surface area contributed by atoms with Crippen LogP contribution in [0.5, 0.6) is 5.75 Å². The third-order valence-electron chi connectivity index (χ3n) is 3.60. The van der Waals surface area contributed by atoms with Crippen molar-refractivity contribution in [2.75, 3.05) is 6.61 Å². The van der Waals surface area contributed by atoms with Gasteiger partial charge in [0.15, 0.2) is 5.69 Å². The minimum absolute atomic E-state index is 0.115. The molecule has 0 spiro atoms. The Labute approximate surface area is 134 Å². The molecule has 1 heterocycles. The van der Waals surface area contributed by atoms with Crippen LogP contribution in [0.1, 0.15) is 48.3 Å². The monoisotopic (exact) mass is 319 g/mol. The number of benzene rings is 1. The molecular formula is C17H21NO3S. The lowest BCUT2D eigenvalue weighted by Gasteiger charge is -2.22. The first-order valence-corrected chi connectivity index (χ1v) is 8.21. The Morgan fingerprint density at radius 1 is 1.41 bits per heavy atom. The molecule has 0 fully saturated rings. The maximum atomic E-state index is 10.9. The summed E-state index contributed by atoms with van der Waals surface area (Å²) in [6.45, 7) is 6.81. The summed E-state index contributed by atoms with van der Waals surface area (Å²) in [5.74, 6) is -0.105. The highest BCUT2D eigenvalue weighted by molar-refractivity contribution is 7.10. The van der Waals surface area contributed by atoms with Gasteiger partial charge in [-0.1, -0.05) is 32.9 Å². The number of carbonyl (C=O) groups is 1. The molecule has 0 bridgehead atoms. The molecule has 0 radical (unpaired) electrons. The summed E-state index contributed by atoms with van der Waals surface area (Å²) in [7, 11) is 0. The number of hydrogen-bond donors (Lipinski definition) is 1. The van der Waals surface area contributed by atoms with Gasteiger partial charge in [-0.15, -0.1) is 11.3 Å². The fourth-order valence-electron chi connectivity index (χ4n) is 2.07. The predicted octanol–water partition coefficient (Wildman–Crippen LogP) is 4.15. The average Bonchev–Trinajstić information content (AvgIpc) is 2.98. The second-order valence-electron chi connectivity index (χ2n) is 5.83. The summed E-state index contributed by atoms with van der Waals surface area (Å²) in [6.07, 6.45) is 1.76. The number of ether oxygens (including phenoxy) is 1. The van der Waals surface area contributed by atoms with Gasteiger partial charge < -0.3 is 9.84 Å². The van der Waals surface area contributed by atoms with Crippen LogP contribution in [-0.2, 0) is 11.8 Å². The van der Waals surface area contributed by atoms with Gasteiger partial charge >= 0.3 is 5.97 Å². The number of rotatable bonds is 7. The number of thiazole rings is 1. The summed E-state index contributed by atoms with van der Waals surface area (Å²) in [5, 5.41) is 11.4. The molecular weight excluding hydrogens is 298 g/mol. The SMILES string of the molecule is CCc1cccc(OCCC(C)(C)c2nc(C(=O)O)cs2)c1. The number of carboxylic acid groups (broad SMARTS) is 1. The van der Waals surface area contributed by atoms with Gasteiger partial charge in [-0.25, -0.2) is 9.78 Å². The zero-order valence-corrected chi connectivity index (χ0v) is 13.9. The van der Waals surface area contributed by atoms with E-state index in [1.165, 1.54) is 16.9 Å². The van der Waals surface area contributed by atoms with E-state index in [-0.39, 0.29) is 11.1 Å². The normalized spacial score (nSPS) is 11.4. The smallest absolute Gasteiger partial charge is 0.355 e. The third-order valence-corrected chi connectivity index (χ3v) is 4.81. The number of carboxylic acids is 1. The number of nitrogens with zero attached hydrogens (tertiary/aromatic N) is 1. The highest BCUT2D eigenvalue weighted by Crippen LogP contribution is 2.30. The van der Waals surface area contributed by atoms with Gasteiger partial charge in [0.1, 0.15) is 5.75 Å². The molecule has 0 saturated carbocycles. The van der Waals surface area contributed by atoms with Gasteiger partial charge in [-0.05, 0) is 30.5 Å². The van der Waals surface area contributed by atoms with Crippen LogP contribution in [0.15, 0.2) is 29.6 Å². The largest absolute Gasteiger partial charge is 0.494 e. The highest BCUT2D eigenvalue weighted by Gasteiger charge is 2.25. The molecule has 0 unspecified atom stereocenters. The molecule has 2 rings (SSSR count). The summed E-state index contributed by atoms with van der Waals surface area (Å²) in [5.41, 5.74) is 1.16. The highest BCUT2D eigenvalue weighted by atomic mass is 32.1. The molecule has 22 heavy (non-hydrogen) atoms. The maximum absolute atomic E-state index is 10.9. The van der Waals surface area contributed by atoms with E-state index in [4.69, 9.17) is 9.84 Å². The van der Waals surface area contributed by atoms with E-state index in [0.29, 0.717) is 6.61 Å². The van der Waals surface area contributed by atoms with Crippen molar-refractivity contribution in [2.24, 2.45) is 0 Å². The zero-order chi connectivity index (χ0) is 16.2. The zero-order valence-electron chi connectivity index (χ0n) is 13.1. The van der Waals surface area contributed by atoms with Crippen LogP contribution in [0.4, 0.5) is 0 Å². The van der Waals surface area contributed by atoms with Crippen LogP contribution < -0.4 is 4.74 Å². The number of aryl methyl sites for hydroxylation is 1. The molecule has 1 aromatic carbocycles. The predicted molar refractivity (Wildman–Crippen MR) is 88.0 cm³/mol. The lowest BCUT2D eigenvalue weighted by Crippen LogP contribution is -2.20. The Balaban J connectivity index is 1.95. The first-order valence-electron chi connectivity index (χ1n) is 7.33. The van der Waals surface area contributed by atoms with Crippen molar-refractivity contribution in [2.45, 2.75) is 39.0 Å². The third kappa shape index (κ3) is 4.07. The lowest BCUT2D eigenvalue weighted by molar-refractivity contribution is 0.0691. The molecule has 0 aliphatic heterocycles. The second kappa shape index (κ2) is 6.92.